The molecular weight excluding hydrogens is 286 g/mol. The first kappa shape index (κ1) is 13.9. The summed E-state index contributed by atoms with van der Waals surface area (Å²) >= 11 is 5.91. The molecule has 5 heteroatoms. The fourth-order valence-corrected chi connectivity index (χ4v) is 2.61. The number of aromatic nitrogens is 2. The predicted octanol–water partition coefficient (Wildman–Crippen LogP) is 2.86. The van der Waals surface area contributed by atoms with Crippen LogP contribution in [0.25, 0.3) is 11.0 Å². The Kier molecular flexibility index (Phi) is 3.82. The molecule has 0 bridgehead atoms. The topological polar surface area (TPSA) is 64.1 Å². The minimum Gasteiger partial charge on any atom is -0.397 e. The average molecular weight is 302 g/mol. The third kappa shape index (κ3) is 2.73. The highest BCUT2D eigenvalue weighted by Crippen LogP contribution is 2.23. The number of fused-ring (bicyclic) bond motifs is 1. The Morgan fingerprint density at radius 2 is 1.90 bits per heavy atom. The van der Waals surface area contributed by atoms with Crippen molar-refractivity contribution in [3.05, 3.63) is 58.9 Å². The molecule has 0 unspecified atom stereocenters. The molecule has 4 nitrogen and oxygen atoms in total. The van der Waals surface area contributed by atoms with Crippen molar-refractivity contribution in [3.8, 4) is 0 Å². The van der Waals surface area contributed by atoms with Gasteiger partial charge in [0.25, 0.3) is 0 Å². The van der Waals surface area contributed by atoms with Crippen molar-refractivity contribution in [1.29, 1.82) is 0 Å². The molecule has 1 aromatic heterocycles. The summed E-state index contributed by atoms with van der Waals surface area (Å²) in [5.41, 5.74) is 9.50. The van der Waals surface area contributed by atoms with Gasteiger partial charge in [0, 0.05) is 18.0 Å². The minimum absolute atomic E-state index is 0.0634. The summed E-state index contributed by atoms with van der Waals surface area (Å²) in [7, 11) is 0. The first-order chi connectivity index (χ1) is 10.2. The van der Waals surface area contributed by atoms with Crippen LogP contribution in [0.5, 0.6) is 0 Å². The number of nitrogens with two attached hydrogens (primary N) is 1. The van der Waals surface area contributed by atoms with Crippen molar-refractivity contribution in [3.63, 3.8) is 0 Å². The normalized spacial score (nSPS) is 11.1. The van der Waals surface area contributed by atoms with Crippen molar-refractivity contribution in [2.24, 2.45) is 0 Å². The standard InChI is InChI=1S/C16H16ClN3O/c17-12-6-4-11(5-7-12)10-15-19-16-13(18)2-1-3-14(16)20(15)8-9-21/h1-7,21H,8-10,18H2. The zero-order valence-electron chi connectivity index (χ0n) is 11.5. The Hall–Kier alpha value is -2.04. The van der Waals surface area contributed by atoms with E-state index in [0.717, 1.165) is 22.4 Å². The van der Waals surface area contributed by atoms with E-state index in [9.17, 15) is 5.11 Å². The monoisotopic (exact) mass is 301 g/mol. The lowest BCUT2D eigenvalue weighted by atomic mass is 10.1. The molecule has 0 fully saturated rings. The molecule has 0 radical (unpaired) electrons. The van der Waals surface area contributed by atoms with Crippen molar-refractivity contribution in [2.45, 2.75) is 13.0 Å². The first-order valence-corrected chi connectivity index (χ1v) is 7.15. The van der Waals surface area contributed by atoms with Crippen molar-refractivity contribution in [2.75, 3.05) is 12.3 Å². The van der Waals surface area contributed by atoms with E-state index in [1.165, 1.54) is 0 Å². The Balaban J connectivity index is 2.06. The summed E-state index contributed by atoms with van der Waals surface area (Å²) in [6, 6.07) is 13.4. The van der Waals surface area contributed by atoms with Crippen LogP contribution >= 0.6 is 11.6 Å². The molecule has 0 saturated carbocycles. The molecule has 0 spiro atoms. The van der Waals surface area contributed by atoms with Crippen molar-refractivity contribution >= 4 is 28.3 Å². The van der Waals surface area contributed by atoms with Gasteiger partial charge in [0.2, 0.25) is 0 Å². The molecule has 3 aromatic rings. The maximum Gasteiger partial charge on any atom is 0.114 e. The van der Waals surface area contributed by atoms with Crippen LogP contribution in [0.15, 0.2) is 42.5 Å². The quantitative estimate of drug-likeness (QED) is 0.728. The first-order valence-electron chi connectivity index (χ1n) is 6.78. The number of rotatable bonds is 4. The van der Waals surface area contributed by atoms with Gasteiger partial charge in [0.15, 0.2) is 0 Å². The molecular formula is C16H16ClN3O. The summed E-state index contributed by atoms with van der Waals surface area (Å²) in [5, 5.41) is 10.0. The fraction of sp³-hybridized carbons (Fsp3) is 0.188. The lowest BCUT2D eigenvalue weighted by Gasteiger charge is -2.07. The molecule has 0 saturated heterocycles. The van der Waals surface area contributed by atoms with Gasteiger partial charge in [-0.1, -0.05) is 29.8 Å². The van der Waals surface area contributed by atoms with Gasteiger partial charge in [-0.25, -0.2) is 4.98 Å². The van der Waals surface area contributed by atoms with E-state index in [1.807, 2.05) is 47.0 Å². The second-order valence-electron chi connectivity index (χ2n) is 4.92. The SMILES string of the molecule is Nc1cccc2c1nc(Cc1ccc(Cl)cc1)n2CCO. The largest absolute Gasteiger partial charge is 0.397 e. The van der Waals surface area contributed by atoms with E-state index >= 15 is 0 Å². The highest BCUT2D eigenvalue weighted by molar-refractivity contribution is 6.30. The zero-order valence-corrected chi connectivity index (χ0v) is 12.2. The van der Waals surface area contributed by atoms with E-state index in [4.69, 9.17) is 17.3 Å². The number of hydrogen-bond acceptors (Lipinski definition) is 3. The summed E-state index contributed by atoms with van der Waals surface area (Å²) in [6.45, 7) is 0.566. The molecule has 0 amide bonds. The Labute approximate surface area is 127 Å². The van der Waals surface area contributed by atoms with Gasteiger partial charge in [-0.3, -0.25) is 0 Å². The Morgan fingerprint density at radius 1 is 1.14 bits per heavy atom. The van der Waals surface area contributed by atoms with E-state index in [1.54, 1.807) is 0 Å². The Bertz CT molecular complexity index is 765. The second kappa shape index (κ2) is 5.76. The van der Waals surface area contributed by atoms with Crippen LogP contribution in [0.1, 0.15) is 11.4 Å². The molecule has 1 heterocycles. The van der Waals surface area contributed by atoms with Gasteiger partial charge < -0.3 is 15.4 Å². The molecule has 3 N–H and O–H groups in total. The number of halogens is 1. The van der Waals surface area contributed by atoms with Gasteiger partial charge in [-0.05, 0) is 29.8 Å². The zero-order chi connectivity index (χ0) is 14.8. The van der Waals surface area contributed by atoms with Gasteiger partial charge in [-0.15, -0.1) is 0 Å². The van der Waals surface area contributed by atoms with Crippen LogP contribution in [0.2, 0.25) is 5.02 Å². The molecule has 2 aromatic carbocycles. The molecule has 21 heavy (non-hydrogen) atoms. The van der Waals surface area contributed by atoms with Crippen molar-refractivity contribution in [1.82, 2.24) is 9.55 Å². The van der Waals surface area contributed by atoms with E-state index in [0.29, 0.717) is 23.7 Å². The molecule has 0 aliphatic carbocycles. The third-order valence-corrected chi connectivity index (χ3v) is 3.74. The lowest BCUT2D eigenvalue weighted by Crippen LogP contribution is -2.07. The highest BCUT2D eigenvalue weighted by Gasteiger charge is 2.12. The molecule has 0 aliphatic heterocycles. The molecule has 3 rings (SSSR count). The van der Waals surface area contributed by atoms with Crippen LogP contribution in [-0.2, 0) is 13.0 Å². The molecule has 108 valence electrons. The number of nitrogens with zero attached hydrogens (tertiary/aromatic N) is 2. The van der Waals surface area contributed by atoms with Crippen LogP contribution in [0, 0.1) is 0 Å². The number of nitrogen functional groups attached to an aromatic ring is 1. The maximum absolute atomic E-state index is 9.30. The molecule has 0 aliphatic rings. The van der Waals surface area contributed by atoms with Crippen LogP contribution < -0.4 is 5.73 Å². The average Bonchev–Trinajstić information content (AvgIpc) is 2.82. The summed E-state index contributed by atoms with van der Waals surface area (Å²) in [6.07, 6.45) is 0.672. The number of aliphatic hydroxyl groups excluding tert-OH is 1. The van der Waals surface area contributed by atoms with Crippen LogP contribution in [0.4, 0.5) is 5.69 Å². The van der Waals surface area contributed by atoms with Gasteiger partial charge in [0.05, 0.1) is 17.8 Å². The van der Waals surface area contributed by atoms with Gasteiger partial charge >= 0.3 is 0 Å². The number of hydrogen-bond donors (Lipinski definition) is 2. The number of benzene rings is 2. The predicted molar refractivity (Wildman–Crippen MR) is 85.5 cm³/mol. The highest BCUT2D eigenvalue weighted by atomic mass is 35.5. The summed E-state index contributed by atoms with van der Waals surface area (Å²) in [4.78, 5) is 4.64. The Morgan fingerprint density at radius 3 is 2.62 bits per heavy atom. The van der Waals surface area contributed by atoms with Crippen LogP contribution in [0.3, 0.4) is 0 Å². The smallest absolute Gasteiger partial charge is 0.114 e. The van der Waals surface area contributed by atoms with E-state index < -0.39 is 0 Å². The third-order valence-electron chi connectivity index (χ3n) is 3.49. The number of imidazole rings is 1. The second-order valence-corrected chi connectivity index (χ2v) is 5.36. The molecule has 0 atom stereocenters. The van der Waals surface area contributed by atoms with E-state index in [-0.39, 0.29) is 6.61 Å². The summed E-state index contributed by atoms with van der Waals surface area (Å²) in [5.74, 6) is 0.888. The fourth-order valence-electron chi connectivity index (χ4n) is 2.49. The number of aliphatic hydroxyl groups is 1. The van der Waals surface area contributed by atoms with E-state index in [2.05, 4.69) is 4.98 Å². The number of anilines is 1. The maximum atomic E-state index is 9.30. The summed E-state index contributed by atoms with van der Waals surface area (Å²) < 4.78 is 2.01. The van der Waals surface area contributed by atoms with Gasteiger partial charge in [0.1, 0.15) is 11.3 Å². The number of para-hydroxylation sites is 1. The van der Waals surface area contributed by atoms with Crippen LogP contribution in [-0.4, -0.2) is 21.3 Å². The lowest BCUT2D eigenvalue weighted by molar-refractivity contribution is 0.276. The van der Waals surface area contributed by atoms with Gasteiger partial charge in [-0.2, -0.15) is 0 Å². The minimum atomic E-state index is 0.0634. The van der Waals surface area contributed by atoms with Crippen molar-refractivity contribution < 1.29 is 5.11 Å².